The summed E-state index contributed by atoms with van der Waals surface area (Å²) in [5.74, 6) is -5.02. The number of carbonyl (C=O) groups excluding carboxylic acids is 8. The van der Waals surface area contributed by atoms with E-state index in [9.17, 15) is 55.2 Å². The summed E-state index contributed by atoms with van der Waals surface area (Å²) in [4.78, 5) is 118. The molecule has 8 aliphatic rings. The molecule has 0 radical (unpaired) electrons. The van der Waals surface area contributed by atoms with E-state index in [0.717, 1.165) is 71.9 Å². The van der Waals surface area contributed by atoms with Crippen molar-refractivity contribution in [2.75, 3.05) is 26.3 Å². The zero-order chi connectivity index (χ0) is 79.7. The summed E-state index contributed by atoms with van der Waals surface area (Å²) in [5.41, 5.74) is 3.42. The van der Waals surface area contributed by atoms with Crippen molar-refractivity contribution in [3.05, 3.63) is 159 Å². The zero-order valence-electron chi connectivity index (χ0n) is 65.5. The molecule has 4 aromatic carbocycles. The van der Waals surface area contributed by atoms with E-state index in [0.29, 0.717) is 61.3 Å². The average molecular weight is 1690 g/mol. The molecule has 4 aliphatic carbocycles. The van der Waals surface area contributed by atoms with E-state index in [1.54, 1.807) is 9.59 Å². The smallest absolute Gasteiger partial charge is 0.407 e. The number of sulfonamides is 2. The molecule has 12 bridgehead atoms. The number of cyclic esters (lactones) is 2. The summed E-state index contributed by atoms with van der Waals surface area (Å²) in [6, 6.07) is 29.9. The summed E-state index contributed by atoms with van der Waals surface area (Å²) >= 11 is 0. The molecule has 614 valence electrons. The fourth-order valence-corrected chi connectivity index (χ4v) is 18.0. The Morgan fingerprint density at radius 3 is 1.37 bits per heavy atom. The van der Waals surface area contributed by atoms with Crippen molar-refractivity contribution in [1.29, 1.82) is 0 Å². The number of aryl methyl sites for hydroxylation is 1. The van der Waals surface area contributed by atoms with Gasteiger partial charge in [0.15, 0.2) is 0 Å². The monoisotopic (exact) mass is 1690 g/mol. The number of allylic oxidation sites excluding steroid dienone is 1. The third kappa shape index (κ3) is 19.1. The van der Waals surface area contributed by atoms with Crippen molar-refractivity contribution in [3.8, 4) is 45.0 Å². The maximum absolute atomic E-state index is 14.7. The molecule has 2 saturated heterocycles. The molecule has 6 N–H and O–H groups in total. The number of nitrogens with one attached hydrogen (secondary N) is 6. The van der Waals surface area contributed by atoms with Crippen molar-refractivity contribution in [2.24, 2.45) is 22.7 Å². The first-order chi connectivity index (χ1) is 53.4. The molecule has 4 aliphatic heterocycles. The maximum Gasteiger partial charge on any atom is 0.407 e. The Hall–Kier alpha value is -9.70. The zero-order valence-corrected chi connectivity index (χ0v) is 68.6. The summed E-state index contributed by atoms with van der Waals surface area (Å²) in [6.45, 7) is 18.9. The fourth-order valence-electron chi connectivity index (χ4n) is 15.2. The van der Waals surface area contributed by atoms with Crippen LogP contribution in [0.2, 0.25) is 0 Å². The quantitative estimate of drug-likeness (QED) is 0.0335. The third-order valence-corrected chi connectivity index (χ3v) is 25.9. The molecule has 28 nitrogen and oxygen atoms in total. The Labute approximate surface area is 681 Å². The molecule has 14 rings (SSSR count). The van der Waals surface area contributed by atoms with Crippen LogP contribution in [0.4, 0.5) is 9.59 Å². The first kappa shape index (κ1) is 85.2. The Morgan fingerprint density at radius 1 is 0.544 bits per heavy atom. The van der Waals surface area contributed by atoms with Crippen LogP contribution in [0.15, 0.2) is 141 Å². The molecular weight excluding hydrogens is 1590 g/mol. The van der Waals surface area contributed by atoms with Crippen molar-refractivity contribution in [3.63, 3.8) is 0 Å². The van der Waals surface area contributed by atoms with Crippen molar-refractivity contribution in [2.45, 2.75) is 202 Å². The van der Waals surface area contributed by atoms with Gasteiger partial charge < -0.3 is 48.0 Å². The van der Waals surface area contributed by atoms with E-state index in [1.807, 2.05) is 145 Å². The number of hydrogen-bond donors (Lipinski definition) is 6. The van der Waals surface area contributed by atoms with Gasteiger partial charge in [-0.3, -0.25) is 38.2 Å². The van der Waals surface area contributed by atoms with E-state index in [-0.39, 0.29) is 81.3 Å². The molecule has 0 spiro atoms. The van der Waals surface area contributed by atoms with Gasteiger partial charge in [-0.15, -0.1) is 13.2 Å². The topological polar surface area (TPSA) is 363 Å². The van der Waals surface area contributed by atoms with Gasteiger partial charge >= 0.3 is 12.2 Å². The molecule has 2 aromatic heterocycles. The molecule has 10 atom stereocenters. The minimum absolute atomic E-state index is 0. The maximum atomic E-state index is 14.7. The van der Waals surface area contributed by atoms with Gasteiger partial charge in [-0.2, -0.15) is 30.0 Å². The largest absolute Gasteiger partial charge is 0.450 e. The van der Waals surface area contributed by atoms with E-state index in [1.165, 1.54) is 22.0 Å². The van der Waals surface area contributed by atoms with E-state index < -0.39 is 148 Å². The van der Waals surface area contributed by atoms with E-state index in [4.69, 9.17) is 29.9 Å². The molecule has 31 heteroatoms. The predicted octanol–water partition coefficient (Wildman–Crippen LogP) is 10.1. The average Bonchev–Trinajstić information content (AvgIpc) is 1.58. The van der Waals surface area contributed by atoms with Crippen LogP contribution in [-0.2, 0) is 85.1 Å². The number of benzene rings is 4. The second-order valence-electron chi connectivity index (χ2n) is 32.9. The number of amides is 8. The van der Waals surface area contributed by atoms with Crippen LogP contribution < -0.4 is 30.7 Å². The van der Waals surface area contributed by atoms with Gasteiger partial charge in [-0.05, 0) is 111 Å². The SMILES string of the molecule is C=C[C@@H]1C[C@]1(NC(=O)[C@@H]1C[C@@H]2CN1C(=O)[C@H](C(C)(C)C)NC(=O)OCCCC/C=C/c1cccc(c1)-c1nn2nc1-c1ccccc1)C(=O)NS(=O)(=O)C1CC1.C=C[C@@H]1C[C@]1(NC(=O)[C@@H]1C[C@@H]2CN1C(=O)[C@H](C(C)(C)C)NC(=O)OCCCCCCc1cccc(c1)-c1nn2nc1-c1ccccc1)C(=O)NS(=O)(=O)C1CC1.[CH3-].[HH].[Pd]. The molecule has 4 saturated carbocycles. The van der Waals surface area contributed by atoms with Gasteiger partial charge in [-0.25, -0.2) is 26.4 Å². The number of carbonyl (C=O) groups is 8. The molecular formula is C83H105N14O14PdS2-. The second kappa shape index (κ2) is 34.8. The van der Waals surface area contributed by atoms with Crippen LogP contribution >= 0.6 is 0 Å². The number of hydrogen-bond acceptors (Lipinski definition) is 18. The molecule has 8 amide bonds. The molecule has 0 unspecified atom stereocenters. The molecule has 6 aromatic rings. The predicted molar refractivity (Wildman–Crippen MR) is 428 cm³/mol. The van der Waals surface area contributed by atoms with E-state index >= 15 is 0 Å². The van der Waals surface area contributed by atoms with Gasteiger partial charge in [0.2, 0.25) is 43.7 Å². The van der Waals surface area contributed by atoms with Crippen LogP contribution in [0.1, 0.15) is 162 Å². The van der Waals surface area contributed by atoms with E-state index in [2.05, 4.69) is 62.1 Å². The first-order valence-corrected chi connectivity index (χ1v) is 41.9. The normalized spacial score (nSPS) is 25.7. The van der Waals surface area contributed by atoms with Crippen molar-refractivity contribution >= 4 is 73.8 Å². The third-order valence-electron chi connectivity index (χ3n) is 22.2. The Balaban J connectivity index is 0.000000237. The summed E-state index contributed by atoms with van der Waals surface area (Å²) in [7, 11) is -7.81. The number of fused-ring (bicyclic) bond motifs is 16. The van der Waals surface area contributed by atoms with Gasteiger partial charge in [0, 0.05) is 81.9 Å². The summed E-state index contributed by atoms with van der Waals surface area (Å²) in [5, 5.41) is 30.0. The molecule has 6 fully saturated rings. The molecule has 6 heterocycles. The van der Waals surface area contributed by atoms with Gasteiger partial charge in [0.25, 0.3) is 11.8 Å². The Kier molecular flexibility index (Phi) is 26.0. The number of rotatable bonds is 14. The minimum atomic E-state index is -3.91. The fraction of sp³-hybridized carbons (Fsp3) is 0.482. The first-order valence-electron chi connectivity index (χ1n) is 38.8. The Morgan fingerprint density at radius 2 is 0.947 bits per heavy atom. The summed E-state index contributed by atoms with van der Waals surface area (Å²) in [6.07, 6.45) is 14.5. The summed E-state index contributed by atoms with van der Waals surface area (Å²) < 4.78 is 66.5. The number of nitrogens with zero attached hydrogens (tertiary/aromatic N) is 8. The number of alkyl carbamates (subject to hydrolysis) is 2. The van der Waals surface area contributed by atoms with Crippen LogP contribution in [0.25, 0.3) is 51.1 Å². The standard InChI is InChI=1S/C41H51N7O7S.C41H49N7O7S.CH3.Pd.H2/c2*1-5-29-24-41(29,38(51)46-56(53,54)31-19-20-31)43-36(49)32-23-30-25-47(32)37(50)35(40(2,3)4)42-39(52)55-21-12-7-6-9-14-26-15-13-18-28(22-26)34-33(44-48(30)45-34)27-16-10-8-11-17-27;;;/h5,8,10-11,13,15-18,22,29-32,35H,1,6-7,9,12,14,19-21,23-25H2,2-4H3,(H,42,52)(H,43,49)(H,46,51);5,8-11,13-18,22,29-32,35H,1,6-7,12,19-21,23-25H2,2-4H3,(H,42,52)(H,43,49)(H,46,51);1H3;;1H/q;;-1;;/b;14-9+;;;/t2*29-,30-,32+,35-,41-;;;/m11.../s1. The van der Waals surface area contributed by atoms with Gasteiger partial charge in [0.1, 0.15) is 58.0 Å². The van der Waals surface area contributed by atoms with Crippen molar-refractivity contribution < 1.29 is 86.5 Å². The second-order valence-corrected chi connectivity index (χ2v) is 36.8. The van der Waals surface area contributed by atoms with Crippen molar-refractivity contribution in [1.82, 2.24) is 70.5 Å². The van der Waals surface area contributed by atoms with Crippen LogP contribution in [0.3, 0.4) is 0 Å². The van der Waals surface area contributed by atoms with Gasteiger partial charge in [-0.1, -0.05) is 176 Å². The van der Waals surface area contributed by atoms with Crippen LogP contribution in [0, 0.1) is 30.1 Å². The van der Waals surface area contributed by atoms with Gasteiger partial charge in [0.05, 0.1) is 35.8 Å². The number of aromatic nitrogens is 6. The molecule has 114 heavy (non-hydrogen) atoms. The Bertz CT molecular complexity index is 4890. The minimum Gasteiger partial charge on any atom is -0.450 e. The van der Waals surface area contributed by atoms with Crippen LogP contribution in [0.5, 0.6) is 0 Å². The number of ether oxygens (including phenoxy) is 2. The van der Waals surface area contributed by atoms with Crippen LogP contribution in [-0.4, -0.2) is 176 Å².